The Morgan fingerprint density at radius 2 is 1.68 bits per heavy atom. The highest BCUT2D eigenvalue weighted by molar-refractivity contribution is 5.45. The molecule has 3 nitrogen and oxygen atoms in total. The largest absolute Gasteiger partial charge is 0.376 e. The highest BCUT2D eigenvalue weighted by atomic mass is 16.5. The molecule has 0 spiro atoms. The summed E-state index contributed by atoms with van der Waals surface area (Å²) >= 11 is 0. The summed E-state index contributed by atoms with van der Waals surface area (Å²) in [5.74, 6) is 1.01. The van der Waals surface area contributed by atoms with Gasteiger partial charge in [0.1, 0.15) is 6.23 Å². The smallest absolute Gasteiger partial charge is 0.112 e. The summed E-state index contributed by atoms with van der Waals surface area (Å²) in [5.41, 5.74) is 7.17. The van der Waals surface area contributed by atoms with Gasteiger partial charge in [0.25, 0.3) is 0 Å². The first-order valence-electron chi connectivity index (χ1n) is 12.9. The van der Waals surface area contributed by atoms with Gasteiger partial charge < -0.3 is 9.47 Å². The van der Waals surface area contributed by atoms with Gasteiger partial charge in [-0.2, -0.15) is 0 Å². The van der Waals surface area contributed by atoms with Crippen molar-refractivity contribution in [1.29, 1.82) is 0 Å². The van der Waals surface area contributed by atoms with Crippen LogP contribution in [0.4, 0.5) is 0 Å². The number of piperidine rings is 1. The van der Waals surface area contributed by atoms with Gasteiger partial charge in [-0.25, -0.2) is 0 Å². The van der Waals surface area contributed by atoms with E-state index in [1.165, 1.54) is 22.3 Å². The van der Waals surface area contributed by atoms with Crippen molar-refractivity contribution in [2.24, 2.45) is 5.92 Å². The summed E-state index contributed by atoms with van der Waals surface area (Å²) in [6.45, 7) is 6.11. The monoisotopic (exact) mass is 453 g/mol. The van der Waals surface area contributed by atoms with Gasteiger partial charge in [-0.05, 0) is 52.5 Å². The van der Waals surface area contributed by atoms with Crippen LogP contribution in [0.5, 0.6) is 0 Å². The SMILES string of the molecule is CC(C)c1cccc2c1[C@H]1[C@@H](C2)O[C@@H]2C[C@@H](COCc3ccccc3)C[C@@H](c3ccccc3)N21. The van der Waals surface area contributed by atoms with E-state index >= 15 is 0 Å². The van der Waals surface area contributed by atoms with Crippen LogP contribution in [0, 0.1) is 5.92 Å². The van der Waals surface area contributed by atoms with Gasteiger partial charge in [-0.15, -0.1) is 0 Å². The van der Waals surface area contributed by atoms with Crippen LogP contribution in [0.2, 0.25) is 0 Å². The summed E-state index contributed by atoms with van der Waals surface area (Å²) in [6, 6.07) is 29.2. The van der Waals surface area contributed by atoms with E-state index in [4.69, 9.17) is 9.47 Å². The van der Waals surface area contributed by atoms with Crippen LogP contribution < -0.4 is 0 Å². The molecule has 176 valence electrons. The van der Waals surface area contributed by atoms with Crippen LogP contribution in [-0.2, 0) is 22.5 Å². The van der Waals surface area contributed by atoms with Crippen LogP contribution in [-0.4, -0.2) is 23.8 Å². The second kappa shape index (κ2) is 9.30. The highest BCUT2D eigenvalue weighted by Gasteiger charge is 2.53. The number of hydrogen-bond donors (Lipinski definition) is 0. The van der Waals surface area contributed by atoms with Crippen molar-refractivity contribution in [2.45, 2.75) is 70.1 Å². The van der Waals surface area contributed by atoms with Gasteiger partial charge in [-0.1, -0.05) is 92.7 Å². The van der Waals surface area contributed by atoms with Crippen LogP contribution >= 0.6 is 0 Å². The van der Waals surface area contributed by atoms with E-state index in [-0.39, 0.29) is 12.3 Å². The molecule has 0 aromatic heterocycles. The number of ether oxygens (including phenoxy) is 2. The van der Waals surface area contributed by atoms with Crippen molar-refractivity contribution in [3.8, 4) is 0 Å². The summed E-state index contributed by atoms with van der Waals surface area (Å²) in [4.78, 5) is 2.73. The molecule has 5 atom stereocenters. The average molecular weight is 454 g/mol. The number of fused-ring (bicyclic) bond motifs is 5. The molecule has 3 heteroatoms. The first-order valence-corrected chi connectivity index (χ1v) is 12.9. The molecular formula is C31H35NO2. The molecule has 0 saturated carbocycles. The molecule has 2 heterocycles. The maximum absolute atomic E-state index is 6.82. The topological polar surface area (TPSA) is 21.7 Å². The van der Waals surface area contributed by atoms with Gasteiger partial charge in [0.2, 0.25) is 0 Å². The van der Waals surface area contributed by atoms with Gasteiger partial charge in [-0.3, -0.25) is 4.90 Å². The lowest BCUT2D eigenvalue weighted by molar-refractivity contribution is -0.0762. The predicted molar refractivity (Wildman–Crippen MR) is 135 cm³/mol. The molecule has 2 saturated heterocycles. The second-order valence-corrected chi connectivity index (χ2v) is 10.6. The molecule has 34 heavy (non-hydrogen) atoms. The van der Waals surface area contributed by atoms with Crippen LogP contribution in [0.3, 0.4) is 0 Å². The third-order valence-corrected chi connectivity index (χ3v) is 8.01. The van der Waals surface area contributed by atoms with Crippen molar-refractivity contribution in [1.82, 2.24) is 4.90 Å². The summed E-state index contributed by atoms with van der Waals surface area (Å²) in [7, 11) is 0. The predicted octanol–water partition coefficient (Wildman–Crippen LogP) is 6.80. The van der Waals surface area contributed by atoms with E-state index in [9.17, 15) is 0 Å². The van der Waals surface area contributed by atoms with Crippen molar-refractivity contribution in [3.63, 3.8) is 0 Å². The first-order chi connectivity index (χ1) is 16.7. The minimum atomic E-state index is 0.160. The Bertz CT molecular complexity index is 1110. The maximum atomic E-state index is 6.82. The van der Waals surface area contributed by atoms with E-state index in [1.807, 2.05) is 0 Å². The normalized spacial score (nSPS) is 28.0. The van der Waals surface area contributed by atoms with E-state index in [0.29, 0.717) is 30.5 Å². The molecule has 0 bridgehead atoms. The molecule has 0 radical (unpaired) electrons. The third-order valence-electron chi connectivity index (χ3n) is 8.01. The molecule has 2 aliphatic heterocycles. The Labute approximate surface area is 203 Å². The fraction of sp³-hybridized carbons (Fsp3) is 0.419. The lowest BCUT2D eigenvalue weighted by Gasteiger charge is -2.43. The molecule has 3 aliphatic rings. The number of rotatable bonds is 6. The Morgan fingerprint density at radius 1 is 0.912 bits per heavy atom. The quantitative estimate of drug-likeness (QED) is 0.410. The zero-order valence-corrected chi connectivity index (χ0v) is 20.3. The zero-order valence-electron chi connectivity index (χ0n) is 20.3. The van der Waals surface area contributed by atoms with Gasteiger partial charge in [0, 0.05) is 12.5 Å². The summed E-state index contributed by atoms with van der Waals surface area (Å²) in [5, 5.41) is 0. The molecule has 1 aliphatic carbocycles. The van der Waals surface area contributed by atoms with Crippen LogP contribution in [0.15, 0.2) is 78.9 Å². The van der Waals surface area contributed by atoms with Gasteiger partial charge in [0.15, 0.2) is 0 Å². The Morgan fingerprint density at radius 3 is 2.44 bits per heavy atom. The average Bonchev–Trinajstić information content (AvgIpc) is 3.40. The van der Waals surface area contributed by atoms with E-state index in [2.05, 4.69) is 97.6 Å². The molecular weight excluding hydrogens is 418 g/mol. The fourth-order valence-corrected chi connectivity index (χ4v) is 6.53. The van der Waals surface area contributed by atoms with Crippen LogP contribution in [0.1, 0.15) is 72.5 Å². The number of hydrogen-bond acceptors (Lipinski definition) is 3. The Balaban J connectivity index is 1.28. The number of nitrogens with zero attached hydrogens (tertiary/aromatic N) is 1. The zero-order chi connectivity index (χ0) is 23.1. The molecule has 0 N–H and O–H groups in total. The van der Waals surface area contributed by atoms with Crippen molar-refractivity contribution >= 4 is 0 Å². The molecule has 6 rings (SSSR count). The highest BCUT2D eigenvalue weighted by Crippen LogP contribution is 2.54. The number of benzene rings is 3. The maximum Gasteiger partial charge on any atom is 0.112 e. The lowest BCUT2D eigenvalue weighted by atomic mass is 9.84. The van der Waals surface area contributed by atoms with Crippen molar-refractivity contribution in [2.75, 3.05) is 6.61 Å². The van der Waals surface area contributed by atoms with E-state index in [1.54, 1.807) is 5.56 Å². The summed E-state index contributed by atoms with van der Waals surface area (Å²) < 4.78 is 13.0. The van der Waals surface area contributed by atoms with Crippen LogP contribution in [0.25, 0.3) is 0 Å². The first kappa shape index (κ1) is 22.0. The molecule has 3 aromatic rings. The molecule has 0 unspecified atom stereocenters. The van der Waals surface area contributed by atoms with E-state index in [0.717, 1.165) is 25.9 Å². The van der Waals surface area contributed by atoms with Gasteiger partial charge >= 0.3 is 0 Å². The lowest BCUT2D eigenvalue weighted by Crippen LogP contribution is -2.43. The minimum Gasteiger partial charge on any atom is -0.376 e. The van der Waals surface area contributed by atoms with Crippen molar-refractivity contribution in [3.05, 3.63) is 107 Å². The minimum absolute atomic E-state index is 0.160. The summed E-state index contributed by atoms with van der Waals surface area (Å²) in [6.07, 6.45) is 3.61. The standard InChI is InChI=1S/C31H35NO2/c1-21(2)26-15-9-14-25-18-28-31(30(25)26)32-27(24-12-7-4-8-13-24)16-23(17-29(32)34-28)20-33-19-22-10-5-3-6-11-22/h3-15,21,23,27-29,31H,16-20H2,1-2H3/t23-,27-,28+,29+,31+/m0/s1. The third kappa shape index (κ3) is 4.00. The van der Waals surface area contributed by atoms with Crippen molar-refractivity contribution < 1.29 is 9.47 Å². The Kier molecular flexibility index (Phi) is 6.02. The molecule has 3 aromatic carbocycles. The van der Waals surface area contributed by atoms with Gasteiger partial charge in [0.05, 0.1) is 25.4 Å². The fourth-order valence-electron chi connectivity index (χ4n) is 6.53. The second-order valence-electron chi connectivity index (χ2n) is 10.6. The Hall–Kier alpha value is -2.46. The molecule has 2 fully saturated rings. The molecule has 0 amide bonds. The van der Waals surface area contributed by atoms with E-state index < -0.39 is 0 Å².